The fourth-order valence-corrected chi connectivity index (χ4v) is 2.19. The van der Waals surface area contributed by atoms with E-state index >= 15 is 0 Å². The van der Waals surface area contributed by atoms with Gasteiger partial charge in [0.25, 0.3) is 17.6 Å². The van der Waals surface area contributed by atoms with E-state index in [1.165, 1.54) is 0 Å². The minimum absolute atomic E-state index is 0.0363. The molecule has 1 N–H and O–H groups in total. The van der Waals surface area contributed by atoms with Crippen molar-refractivity contribution in [1.82, 2.24) is 15.5 Å². The molecule has 0 aliphatic rings. The number of aryl methyl sites for hydroxylation is 2. The summed E-state index contributed by atoms with van der Waals surface area (Å²) in [5, 5.41) is 6.56. The van der Waals surface area contributed by atoms with Crippen molar-refractivity contribution in [2.24, 2.45) is 0 Å². The van der Waals surface area contributed by atoms with Gasteiger partial charge in [-0.15, -0.1) is 0 Å². The second-order valence-corrected chi connectivity index (χ2v) is 5.40. The number of hydrogen-bond donors (Lipinski definition) is 1. The number of aromatic nitrogens is 2. The molecule has 0 saturated carbocycles. The van der Waals surface area contributed by atoms with Crippen molar-refractivity contribution >= 4 is 5.91 Å². The standard InChI is InChI=1S/C18H17N3O2/c1-12-7-9-14(10-8-12)18-20-16(21-23-18)17(22)19-11-15-6-4-3-5-13(15)2/h3-10H,11H2,1-2H3,(H,19,22). The zero-order valence-electron chi connectivity index (χ0n) is 13.0. The highest BCUT2D eigenvalue weighted by atomic mass is 16.5. The van der Waals surface area contributed by atoms with Crippen LogP contribution in [0.2, 0.25) is 0 Å². The Labute approximate surface area is 134 Å². The molecule has 0 unspecified atom stereocenters. The molecule has 0 saturated heterocycles. The maximum Gasteiger partial charge on any atom is 0.292 e. The third-order valence-electron chi connectivity index (χ3n) is 3.63. The Balaban J connectivity index is 1.69. The summed E-state index contributed by atoms with van der Waals surface area (Å²) in [5.74, 6) is 0.0237. The van der Waals surface area contributed by atoms with Gasteiger partial charge in [0.15, 0.2) is 0 Å². The number of nitrogens with one attached hydrogen (secondary N) is 1. The second-order valence-electron chi connectivity index (χ2n) is 5.40. The molecule has 1 heterocycles. The first-order valence-corrected chi connectivity index (χ1v) is 7.37. The van der Waals surface area contributed by atoms with Crippen molar-refractivity contribution in [2.75, 3.05) is 0 Å². The molecule has 5 nitrogen and oxygen atoms in total. The zero-order valence-corrected chi connectivity index (χ0v) is 13.0. The van der Waals surface area contributed by atoms with E-state index in [1.54, 1.807) is 0 Å². The number of carbonyl (C=O) groups excluding carboxylic acids is 1. The normalized spacial score (nSPS) is 10.5. The fourth-order valence-electron chi connectivity index (χ4n) is 2.19. The Hall–Kier alpha value is -2.95. The summed E-state index contributed by atoms with van der Waals surface area (Å²) in [7, 11) is 0. The molecule has 0 fully saturated rings. The molecule has 5 heteroatoms. The van der Waals surface area contributed by atoms with Crippen molar-refractivity contribution in [3.8, 4) is 11.5 Å². The lowest BCUT2D eigenvalue weighted by atomic mass is 10.1. The molecule has 0 bridgehead atoms. The van der Waals surface area contributed by atoms with E-state index in [4.69, 9.17) is 4.52 Å². The minimum Gasteiger partial charge on any atom is -0.345 e. The molecular formula is C18H17N3O2. The fraction of sp³-hybridized carbons (Fsp3) is 0.167. The Morgan fingerprint density at radius 2 is 1.83 bits per heavy atom. The highest BCUT2D eigenvalue weighted by Crippen LogP contribution is 2.17. The van der Waals surface area contributed by atoms with E-state index < -0.39 is 0 Å². The molecule has 116 valence electrons. The average molecular weight is 307 g/mol. The average Bonchev–Trinajstić information content (AvgIpc) is 3.04. The quantitative estimate of drug-likeness (QED) is 0.803. The van der Waals surface area contributed by atoms with Gasteiger partial charge in [-0.1, -0.05) is 47.1 Å². The van der Waals surface area contributed by atoms with Crippen LogP contribution in [0.15, 0.2) is 53.1 Å². The Bertz CT molecular complexity index is 822. The number of nitrogens with zero attached hydrogens (tertiary/aromatic N) is 2. The van der Waals surface area contributed by atoms with Gasteiger partial charge in [0, 0.05) is 12.1 Å². The van der Waals surface area contributed by atoms with Gasteiger partial charge in [-0.25, -0.2) is 0 Å². The van der Waals surface area contributed by atoms with Gasteiger partial charge in [-0.05, 0) is 37.1 Å². The van der Waals surface area contributed by atoms with E-state index in [9.17, 15) is 4.79 Å². The maximum absolute atomic E-state index is 12.1. The predicted octanol–water partition coefficient (Wildman–Crippen LogP) is 3.28. The first-order valence-electron chi connectivity index (χ1n) is 7.37. The number of hydrogen-bond acceptors (Lipinski definition) is 4. The zero-order chi connectivity index (χ0) is 16.2. The van der Waals surface area contributed by atoms with Gasteiger partial charge < -0.3 is 9.84 Å². The summed E-state index contributed by atoms with van der Waals surface area (Å²) in [4.78, 5) is 16.3. The predicted molar refractivity (Wildman–Crippen MR) is 86.8 cm³/mol. The van der Waals surface area contributed by atoms with Crippen LogP contribution in [-0.2, 0) is 6.54 Å². The molecule has 1 amide bonds. The summed E-state index contributed by atoms with van der Waals surface area (Å²) in [6, 6.07) is 15.6. The molecule has 3 rings (SSSR count). The number of benzene rings is 2. The number of rotatable bonds is 4. The highest BCUT2D eigenvalue weighted by Gasteiger charge is 2.15. The van der Waals surface area contributed by atoms with Crippen LogP contribution in [0.1, 0.15) is 27.3 Å². The van der Waals surface area contributed by atoms with Crippen LogP contribution in [0, 0.1) is 13.8 Å². The monoisotopic (exact) mass is 307 g/mol. The Kier molecular flexibility index (Phi) is 4.19. The summed E-state index contributed by atoms with van der Waals surface area (Å²) < 4.78 is 5.17. The topological polar surface area (TPSA) is 68.0 Å². The van der Waals surface area contributed by atoms with Gasteiger partial charge in [-0.3, -0.25) is 4.79 Å². The van der Waals surface area contributed by atoms with Crippen molar-refractivity contribution in [3.63, 3.8) is 0 Å². The molecule has 0 spiro atoms. The molecule has 23 heavy (non-hydrogen) atoms. The minimum atomic E-state index is -0.352. The smallest absolute Gasteiger partial charge is 0.292 e. The van der Waals surface area contributed by atoms with Gasteiger partial charge >= 0.3 is 0 Å². The van der Waals surface area contributed by atoms with Crippen LogP contribution in [0.4, 0.5) is 0 Å². The first-order chi connectivity index (χ1) is 11.1. The Morgan fingerprint density at radius 3 is 2.57 bits per heavy atom. The third-order valence-corrected chi connectivity index (χ3v) is 3.63. The van der Waals surface area contributed by atoms with Gasteiger partial charge in [0.2, 0.25) is 0 Å². The van der Waals surface area contributed by atoms with E-state index in [1.807, 2.05) is 62.4 Å². The second kappa shape index (κ2) is 6.44. The highest BCUT2D eigenvalue weighted by molar-refractivity contribution is 5.90. The third kappa shape index (κ3) is 3.45. The molecular weight excluding hydrogens is 290 g/mol. The van der Waals surface area contributed by atoms with Crippen LogP contribution in [-0.4, -0.2) is 16.0 Å². The van der Waals surface area contributed by atoms with Crippen LogP contribution in [0.5, 0.6) is 0 Å². The molecule has 1 aromatic heterocycles. The van der Waals surface area contributed by atoms with Gasteiger partial charge in [0.1, 0.15) is 0 Å². The lowest BCUT2D eigenvalue weighted by Crippen LogP contribution is -2.24. The molecule has 3 aromatic rings. The lowest BCUT2D eigenvalue weighted by Gasteiger charge is -2.05. The summed E-state index contributed by atoms with van der Waals surface area (Å²) in [6.45, 7) is 4.44. The van der Waals surface area contributed by atoms with E-state index in [2.05, 4.69) is 15.5 Å². The maximum atomic E-state index is 12.1. The molecule has 0 atom stereocenters. The van der Waals surface area contributed by atoms with Crippen LogP contribution >= 0.6 is 0 Å². The number of carbonyl (C=O) groups is 1. The molecule has 0 radical (unpaired) electrons. The summed E-state index contributed by atoms with van der Waals surface area (Å²) in [5.41, 5.74) is 4.12. The van der Waals surface area contributed by atoms with Crippen molar-refractivity contribution in [3.05, 3.63) is 71.0 Å². The van der Waals surface area contributed by atoms with Gasteiger partial charge in [0.05, 0.1) is 0 Å². The SMILES string of the molecule is Cc1ccc(-c2nc(C(=O)NCc3ccccc3C)no2)cc1. The van der Waals surface area contributed by atoms with Crippen LogP contribution < -0.4 is 5.32 Å². The molecule has 2 aromatic carbocycles. The number of amides is 1. The van der Waals surface area contributed by atoms with Crippen molar-refractivity contribution < 1.29 is 9.32 Å². The lowest BCUT2D eigenvalue weighted by molar-refractivity contribution is 0.0937. The van der Waals surface area contributed by atoms with Gasteiger partial charge in [-0.2, -0.15) is 4.98 Å². The molecule has 0 aliphatic carbocycles. The largest absolute Gasteiger partial charge is 0.345 e. The summed E-state index contributed by atoms with van der Waals surface area (Å²) >= 11 is 0. The van der Waals surface area contributed by atoms with Crippen molar-refractivity contribution in [1.29, 1.82) is 0 Å². The van der Waals surface area contributed by atoms with E-state index in [0.717, 1.165) is 22.3 Å². The van der Waals surface area contributed by atoms with E-state index in [0.29, 0.717) is 12.4 Å². The Morgan fingerprint density at radius 1 is 1.09 bits per heavy atom. The first kappa shape index (κ1) is 15.0. The van der Waals surface area contributed by atoms with Crippen molar-refractivity contribution in [2.45, 2.75) is 20.4 Å². The molecule has 0 aliphatic heterocycles. The summed E-state index contributed by atoms with van der Waals surface area (Å²) in [6.07, 6.45) is 0. The van der Waals surface area contributed by atoms with Crippen LogP contribution in [0.3, 0.4) is 0 Å². The van der Waals surface area contributed by atoms with E-state index in [-0.39, 0.29) is 11.7 Å². The van der Waals surface area contributed by atoms with Crippen LogP contribution in [0.25, 0.3) is 11.5 Å².